The number of halogens is 1. The standard InChI is InChI=1S/C15H22FNO3/c1-11(19)12-2-3-15(14(16)10-12)17-6-4-13(5-7-17)20-9-8-18/h2-3,10-11,13,18-19H,4-9H2,1H3/t11-/m0/s1. The predicted molar refractivity (Wildman–Crippen MR) is 75.3 cm³/mol. The quantitative estimate of drug-likeness (QED) is 0.866. The highest BCUT2D eigenvalue weighted by Gasteiger charge is 2.22. The molecule has 5 heteroatoms. The van der Waals surface area contributed by atoms with Crippen LogP contribution in [0.25, 0.3) is 0 Å². The highest BCUT2D eigenvalue weighted by Crippen LogP contribution is 2.26. The fraction of sp³-hybridized carbons (Fsp3) is 0.600. The number of nitrogens with zero attached hydrogens (tertiary/aromatic N) is 1. The van der Waals surface area contributed by atoms with Gasteiger partial charge in [-0.25, -0.2) is 4.39 Å². The van der Waals surface area contributed by atoms with Gasteiger partial charge < -0.3 is 19.8 Å². The molecule has 0 spiro atoms. The zero-order valence-corrected chi connectivity index (χ0v) is 11.8. The maximum Gasteiger partial charge on any atom is 0.146 e. The normalized spacial score (nSPS) is 18.3. The summed E-state index contributed by atoms with van der Waals surface area (Å²) in [7, 11) is 0. The molecule has 1 heterocycles. The second-order valence-corrected chi connectivity index (χ2v) is 5.17. The molecule has 112 valence electrons. The highest BCUT2D eigenvalue weighted by molar-refractivity contribution is 5.49. The first-order valence-corrected chi connectivity index (χ1v) is 7.06. The summed E-state index contributed by atoms with van der Waals surface area (Å²) in [5, 5.41) is 18.2. The molecule has 0 aliphatic carbocycles. The molecule has 4 nitrogen and oxygen atoms in total. The summed E-state index contributed by atoms with van der Waals surface area (Å²) < 4.78 is 19.6. The van der Waals surface area contributed by atoms with Crippen molar-refractivity contribution in [3.05, 3.63) is 29.6 Å². The molecule has 0 radical (unpaired) electrons. The molecule has 2 rings (SSSR count). The Morgan fingerprint density at radius 3 is 2.65 bits per heavy atom. The van der Waals surface area contributed by atoms with Gasteiger partial charge in [-0.1, -0.05) is 6.07 Å². The number of rotatable bonds is 5. The molecule has 1 aliphatic heterocycles. The Bertz CT molecular complexity index is 431. The first-order chi connectivity index (χ1) is 9.61. The van der Waals surface area contributed by atoms with Crippen LogP contribution in [-0.2, 0) is 4.74 Å². The summed E-state index contributed by atoms with van der Waals surface area (Å²) in [6.07, 6.45) is 1.16. The van der Waals surface area contributed by atoms with Crippen LogP contribution in [0.3, 0.4) is 0 Å². The molecule has 1 aromatic rings. The highest BCUT2D eigenvalue weighted by atomic mass is 19.1. The van der Waals surface area contributed by atoms with Gasteiger partial charge in [-0.3, -0.25) is 0 Å². The molecule has 0 unspecified atom stereocenters. The number of aliphatic hydroxyl groups excluding tert-OH is 2. The molecular weight excluding hydrogens is 261 g/mol. The minimum absolute atomic E-state index is 0.0373. The third-order valence-corrected chi connectivity index (χ3v) is 3.68. The van der Waals surface area contributed by atoms with Crippen LogP contribution in [0.15, 0.2) is 18.2 Å². The topological polar surface area (TPSA) is 52.9 Å². The molecule has 0 aromatic heterocycles. The third kappa shape index (κ3) is 3.69. The molecule has 1 atom stereocenters. The van der Waals surface area contributed by atoms with Crippen molar-refractivity contribution in [1.29, 1.82) is 0 Å². The van der Waals surface area contributed by atoms with Crippen molar-refractivity contribution in [2.24, 2.45) is 0 Å². The Morgan fingerprint density at radius 2 is 2.10 bits per heavy atom. The van der Waals surface area contributed by atoms with Crippen LogP contribution < -0.4 is 4.90 Å². The van der Waals surface area contributed by atoms with E-state index in [0.717, 1.165) is 25.9 Å². The van der Waals surface area contributed by atoms with Crippen LogP contribution in [0, 0.1) is 5.82 Å². The number of aliphatic hydroxyl groups is 2. The van der Waals surface area contributed by atoms with Crippen LogP contribution >= 0.6 is 0 Å². The van der Waals surface area contributed by atoms with Crippen molar-refractivity contribution >= 4 is 5.69 Å². The van der Waals surface area contributed by atoms with Crippen LogP contribution in [0.2, 0.25) is 0 Å². The fourth-order valence-corrected chi connectivity index (χ4v) is 2.52. The summed E-state index contributed by atoms with van der Waals surface area (Å²) in [4.78, 5) is 2.00. The van der Waals surface area contributed by atoms with Crippen molar-refractivity contribution in [2.75, 3.05) is 31.2 Å². The lowest BCUT2D eigenvalue weighted by molar-refractivity contribution is 0.0158. The molecule has 1 aromatic carbocycles. The number of anilines is 1. The van der Waals surface area contributed by atoms with E-state index in [1.807, 2.05) is 4.90 Å². The van der Waals surface area contributed by atoms with Crippen molar-refractivity contribution in [2.45, 2.75) is 32.0 Å². The maximum atomic E-state index is 14.1. The number of piperidine rings is 1. The van der Waals surface area contributed by atoms with Crippen LogP contribution in [0.4, 0.5) is 10.1 Å². The van der Waals surface area contributed by atoms with Crippen molar-refractivity contribution in [3.63, 3.8) is 0 Å². The SMILES string of the molecule is C[C@H](O)c1ccc(N2CCC(OCCO)CC2)c(F)c1. The van der Waals surface area contributed by atoms with Crippen LogP contribution in [0.5, 0.6) is 0 Å². The Hall–Kier alpha value is -1.17. The lowest BCUT2D eigenvalue weighted by Crippen LogP contribution is -2.37. The van der Waals surface area contributed by atoms with Gasteiger partial charge in [0.1, 0.15) is 5.82 Å². The first kappa shape index (κ1) is 15.2. The Morgan fingerprint density at radius 1 is 1.40 bits per heavy atom. The second-order valence-electron chi connectivity index (χ2n) is 5.17. The van der Waals surface area contributed by atoms with E-state index >= 15 is 0 Å². The summed E-state index contributed by atoms with van der Waals surface area (Å²) in [6, 6.07) is 4.89. The van der Waals surface area contributed by atoms with Gasteiger partial charge in [0, 0.05) is 13.1 Å². The average molecular weight is 283 g/mol. The number of hydrogen-bond donors (Lipinski definition) is 2. The molecule has 1 fully saturated rings. The smallest absolute Gasteiger partial charge is 0.146 e. The lowest BCUT2D eigenvalue weighted by atomic mass is 10.1. The van der Waals surface area contributed by atoms with Gasteiger partial charge >= 0.3 is 0 Å². The average Bonchev–Trinajstić information content (AvgIpc) is 2.45. The number of hydrogen-bond acceptors (Lipinski definition) is 4. The summed E-state index contributed by atoms with van der Waals surface area (Å²) >= 11 is 0. The fourth-order valence-electron chi connectivity index (χ4n) is 2.52. The van der Waals surface area contributed by atoms with Gasteiger partial charge in [-0.2, -0.15) is 0 Å². The van der Waals surface area contributed by atoms with Crippen molar-refractivity contribution < 1.29 is 19.3 Å². The molecule has 1 saturated heterocycles. The van der Waals surface area contributed by atoms with E-state index in [1.54, 1.807) is 19.1 Å². The zero-order valence-electron chi connectivity index (χ0n) is 11.8. The monoisotopic (exact) mass is 283 g/mol. The van der Waals surface area contributed by atoms with Gasteiger partial charge in [0.05, 0.1) is 31.1 Å². The molecule has 1 aliphatic rings. The summed E-state index contributed by atoms with van der Waals surface area (Å²) in [6.45, 7) is 3.50. The van der Waals surface area contributed by atoms with E-state index in [9.17, 15) is 9.50 Å². The maximum absolute atomic E-state index is 14.1. The molecular formula is C15H22FNO3. The van der Waals surface area contributed by atoms with E-state index in [0.29, 0.717) is 17.9 Å². The lowest BCUT2D eigenvalue weighted by Gasteiger charge is -2.33. The summed E-state index contributed by atoms with van der Waals surface area (Å²) in [5.74, 6) is -0.293. The van der Waals surface area contributed by atoms with E-state index in [4.69, 9.17) is 9.84 Å². The van der Waals surface area contributed by atoms with Crippen molar-refractivity contribution in [1.82, 2.24) is 0 Å². The first-order valence-electron chi connectivity index (χ1n) is 7.06. The summed E-state index contributed by atoms with van der Waals surface area (Å²) in [5.41, 5.74) is 1.17. The van der Waals surface area contributed by atoms with Gasteiger partial charge in [-0.05, 0) is 37.5 Å². The van der Waals surface area contributed by atoms with Crippen molar-refractivity contribution in [3.8, 4) is 0 Å². The minimum Gasteiger partial charge on any atom is -0.394 e. The van der Waals surface area contributed by atoms with Gasteiger partial charge in [0.2, 0.25) is 0 Å². The van der Waals surface area contributed by atoms with E-state index < -0.39 is 6.10 Å². The molecule has 0 bridgehead atoms. The van der Waals surface area contributed by atoms with E-state index in [1.165, 1.54) is 6.07 Å². The molecule has 20 heavy (non-hydrogen) atoms. The van der Waals surface area contributed by atoms with Crippen LogP contribution in [-0.4, -0.2) is 42.6 Å². The third-order valence-electron chi connectivity index (χ3n) is 3.68. The molecule has 0 saturated carbocycles. The molecule has 0 amide bonds. The molecule has 2 N–H and O–H groups in total. The van der Waals surface area contributed by atoms with Crippen LogP contribution in [0.1, 0.15) is 31.4 Å². The predicted octanol–water partition coefficient (Wildman–Crippen LogP) is 1.86. The van der Waals surface area contributed by atoms with E-state index in [2.05, 4.69) is 0 Å². The minimum atomic E-state index is -0.656. The van der Waals surface area contributed by atoms with Gasteiger partial charge in [-0.15, -0.1) is 0 Å². The second kappa shape index (κ2) is 7.02. The Balaban J connectivity index is 1.96. The largest absolute Gasteiger partial charge is 0.394 e. The number of benzene rings is 1. The zero-order chi connectivity index (χ0) is 14.5. The number of ether oxygens (including phenoxy) is 1. The Kier molecular flexibility index (Phi) is 5.34. The van der Waals surface area contributed by atoms with Gasteiger partial charge in [0.15, 0.2) is 0 Å². The van der Waals surface area contributed by atoms with E-state index in [-0.39, 0.29) is 18.5 Å². The van der Waals surface area contributed by atoms with Gasteiger partial charge in [0.25, 0.3) is 0 Å². The Labute approximate surface area is 118 Å².